The Labute approximate surface area is 136 Å². The summed E-state index contributed by atoms with van der Waals surface area (Å²) in [5.74, 6) is 0.920. The lowest BCUT2D eigenvalue weighted by molar-refractivity contribution is 0.416. The van der Waals surface area contributed by atoms with Gasteiger partial charge in [0.25, 0.3) is 10.0 Å². The lowest BCUT2D eigenvalue weighted by Crippen LogP contribution is -2.26. The molecule has 0 bridgehead atoms. The minimum absolute atomic E-state index is 0.0200. The molecule has 1 heterocycles. The van der Waals surface area contributed by atoms with Crippen molar-refractivity contribution in [3.8, 4) is 5.75 Å². The fourth-order valence-electron chi connectivity index (χ4n) is 1.81. The van der Waals surface area contributed by atoms with Crippen molar-refractivity contribution in [1.29, 1.82) is 0 Å². The summed E-state index contributed by atoms with van der Waals surface area (Å²) >= 11 is 8.77. The lowest BCUT2D eigenvalue weighted by atomic mass is 10.3. The Morgan fingerprint density at radius 1 is 1.38 bits per heavy atom. The zero-order valence-electron chi connectivity index (χ0n) is 11.3. The van der Waals surface area contributed by atoms with Crippen LogP contribution in [-0.4, -0.2) is 22.6 Å². The molecular formula is C13H13BrClNO4S. The van der Waals surface area contributed by atoms with Gasteiger partial charge in [-0.05, 0) is 28.1 Å². The maximum atomic E-state index is 12.7. The van der Waals surface area contributed by atoms with Crippen molar-refractivity contribution in [2.24, 2.45) is 0 Å². The van der Waals surface area contributed by atoms with Gasteiger partial charge in [0.2, 0.25) is 0 Å². The number of nitrogens with zero attached hydrogens (tertiary/aromatic N) is 1. The molecule has 21 heavy (non-hydrogen) atoms. The van der Waals surface area contributed by atoms with Gasteiger partial charge in [-0.15, -0.1) is 11.6 Å². The van der Waals surface area contributed by atoms with Crippen molar-refractivity contribution in [3.63, 3.8) is 0 Å². The Morgan fingerprint density at radius 3 is 2.62 bits per heavy atom. The van der Waals surface area contributed by atoms with Gasteiger partial charge in [0.05, 0.1) is 18.7 Å². The second kappa shape index (κ2) is 6.29. The maximum Gasteiger partial charge on any atom is 0.268 e. The summed E-state index contributed by atoms with van der Waals surface area (Å²) in [6.45, 7) is 0. The van der Waals surface area contributed by atoms with Gasteiger partial charge in [0.1, 0.15) is 16.4 Å². The SMILES string of the molecule is COc1ccccc1N(C)S(=O)(=O)c1cc(CCl)oc1Br. The molecule has 0 aliphatic heterocycles. The first kappa shape index (κ1) is 16.2. The zero-order chi connectivity index (χ0) is 15.6. The molecule has 2 rings (SSSR count). The van der Waals surface area contributed by atoms with Crippen molar-refractivity contribution in [2.45, 2.75) is 10.8 Å². The second-order valence-corrected chi connectivity index (χ2v) is 7.05. The molecule has 0 unspecified atom stereocenters. The van der Waals surface area contributed by atoms with E-state index in [9.17, 15) is 8.42 Å². The van der Waals surface area contributed by atoms with E-state index in [1.54, 1.807) is 24.3 Å². The first-order valence-electron chi connectivity index (χ1n) is 5.88. The van der Waals surface area contributed by atoms with Gasteiger partial charge in [0.15, 0.2) is 4.67 Å². The number of hydrogen-bond donors (Lipinski definition) is 0. The molecule has 2 aromatic rings. The van der Waals surface area contributed by atoms with Gasteiger partial charge in [-0.1, -0.05) is 12.1 Å². The quantitative estimate of drug-likeness (QED) is 0.727. The highest BCUT2D eigenvalue weighted by molar-refractivity contribution is 9.10. The molecule has 114 valence electrons. The van der Waals surface area contributed by atoms with Crippen LogP contribution < -0.4 is 9.04 Å². The Balaban J connectivity index is 2.50. The molecule has 0 N–H and O–H groups in total. The van der Waals surface area contributed by atoms with Crippen LogP contribution in [0.3, 0.4) is 0 Å². The summed E-state index contributed by atoms with van der Waals surface area (Å²) in [5.41, 5.74) is 0.431. The summed E-state index contributed by atoms with van der Waals surface area (Å²) < 4.78 is 37.1. The monoisotopic (exact) mass is 393 g/mol. The number of furan rings is 1. The second-order valence-electron chi connectivity index (χ2n) is 4.13. The molecule has 0 amide bonds. The molecule has 0 radical (unpaired) electrons. The minimum Gasteiger partial charge on any atom is -0.495 e. The molecule has 0 saturated carbocycles. The molecule has 1 aromatic heterocycles. The highest BCUT2D eigenvalue weighted by Gasteiger charge is 2.28. The van der Waals surface area contributed by atoms with Crippen molar-refractivity contribution in [3.05, 3.63) is 40.8 Å². The maximum absolute atomic E-state index is 12.7. The predicted octanol–water partition coefficient (Wildman–Crippen LogP) is 3.61. The number of sulfonamides is 1. The average molecular weight is 395 g/mol. The van der Waals surface area contributed by atoms with Crippen molar-refractivity contribution >= 4 is 43.2 Å². The van der Waals surface area contributed by atoms with E-state index >= 15 is 0 Å². The van der Waals surface area contributed by atoms with Crippen molar-refractivity contribution in [2.75, 3.05) is 18.5 Å². The molecule has 1 aromatic carbocycles. The highest BCUT2D eigenvalue weighted by Crippen LogP contribution is 2.34. The summed E-state index contributed by atoms with van der Waals surface area (Å²) in [6, 6.07) is 8.25. The Morgan fingerprint density at radius 2 is 2.05 bits per heavy atom. The predicted molar refractivity (Wildman–Crippen MR) is 84.5 cm³/mol. The molecular weight excluding hydrogens is 382 g/mol. The number of halogens is 2. The third kappa shape index (κ3) is 3.04. The number of alkyl halides is 1. The third-order valence-electron chi connectivity index (χ3n) is 2.90. The van der Waals surface area contributed by atoms with E-state index in [1.807, 2.05) is 0 Å². The van der Waals surface area contributed by atoms with Crippen LogP contribution in [0.1, 0.15) is 5.76 Å². The number of benzene rings is 1. The van der Waals surface area contributed by atoms with Crippen LogP contribution in [0.25, 0.3) is 0 Å². The number of para-hydroxylation sites is 2. The molecule has 0 spiro atoms. The number of methoxy groups -OCH3 is 1. The molecule has 8 heteroatoms. The standard InChI is InChI=1S/C13H13BrClNO4S/c1-16(10-5-3-4-6-11(10)19-2)21(17,18)12-7-9(8-15)20-13(12)14/h3-7H,8H2,1-2H3. The van der Waals surface area contributed by atoms with Crippen LogP contribution >= 0.6 is 27.5 Å². The van der Waals surface area contributed by atoms with Crippen molar-refractivity contribution in [1.82, 2.24) is 0 Å². The first-order valence-corrected chi connectivity index (χ1v) is 8.64. The summed E-state index contributed by atoms with van der Waals surface area (Å²) in [6.07, 6.45) is 0. The van der Waals surface area contributed by atoms with Gasteiger partial charge in [-0.3, -0.25) is 4.31 Å². The molecule has 0 aliphatic carbocycles. The third-order valence-corrected chi connectivity index (χ3v) is 5.79. The lowest BCUT2D eigenvalue weighted by Gasteiger charge is -2.20. The summed E-state index contributed by atoms with van der Waals surface area (Å²) in [7, 11) is -0.854. The average Bonchev–Trinajstić information content (AvgIpc) is 2.88. The highest BCUT2D eigenvalue weighted by atomic mass is 79.9. The van der Waals surface area contributed by atoms with E-state index in [-0.39, 0.29) is 15.4 Å². The van der Waals surface area contributed by atoms with Crippen LogP contribution in [-0.2, 0) is 15.9 Å². The van der Waals surface area contributed by atoms with Crippen molar-refractivity contribution < 1.29 is 17.6 Å². The number of ether oxygens (including phenoxy) is 1. The van der Waals surface area contributed by atoms with E-state index in [0.717, 1.165) is 4.31 Å². The van der Waals surface area contributed by atoms with Crippen LogP contribution in [0, 0.1) is 0 Å². The molecule has 0 fully saturated rings. The smallest absolute Gasteiger partial charge is 0.268 e. The largest absolute Gasteiger partial charge is 0.495 e. The van der Waals surface area contributed by atoms with Crippen LogP contribution in [0.15, 0.2) is 44.3 Å². The topological polar surface area (TPSA) is 59.8 Å². The number of anilines is 1. The summed E-state index contributed by atoms with van der Waals surface area (Å²) in [5, 5.41) is 0. The van der Waals surface area contributed by atoms with E-state index in [2.05, 4.69) is 15.9 Å². The van der Waals surface area contributed by atoms with E-state index in [0.29, 0.717) is 17.2 Å². The Hall–Kier alpha value is -1.18. The molecule has 0 aliphatic rings. The number of hydrogen-bond acceptors (Lipinski definition) is 4. The molecule has 0 atom stereocenters. The summed E-state index contributed by atoms with van der Waals surface area (Å²) in [4.78, 5) is 0.0200. The van der Waals surface area contributed by atoms with Gasteiger partial charge in [0, 0.05) is 13.1 Å². The van der Waals surface area contributed by atoms with Gasteiger partial charge in [-0.2, -0.15) is 0 Å². The van der Waals surface area contributed by atoms with E-state index in [4.69, 9.17) is 20.8 Å². The van der Waals surface area contributed by atoms with Crippen LogP contribution in [0.2, 0.25) is 0 Å². The van der Waals surface area contributed by atoms with Gasteiger partial charge >= 0.3 is 0 Å². The Kier molecular flexibility index (Phi) is 4.85. The first-order chi connectivity index (χ1) is 9.91. The van der Waals surface area contributed by atoms with Crippen LogP contribution in [0.4, 0.5) is 5.69 Å². The zero-order valence-corrected chi connectivity index (χ0v) is 14.5. The Bertz CT molecular complexity index is 744. The normalized spacial score (nSPS) is 11.4. The van der Waals surface area contributed by atoms with E-state index in [1.165, 1.54) is 20.2 Å². The van der Waals surface area contributed by atoms with Gasteiger partial charge < -0.3 is 9.15 Å². The molecule has 5 nitrogen and oxygen atoms in total. The number of rotatable bonds is 5. The van der Waals surface area contributed by atoms with Gasteiger partial charge in [-0.25, -0.2) is 8.42 Å². The fraction of sp³-hybridized carbons (Fsp3) is 0.231. The molecule has 0 saturated heterocycles. The van der Waals surface area contributed by atoms with Crippen LogP contribution in [0.5, 0.6) is 5.75 Å². The van der Waals surface area contributed by atoms with E-state index < -0.39 is 10.0 Å². The minimum atomic E-state index is -3.79. The fourth-order valence-corrected chi connectivity index (χ4v) is 4.10.